The third-order valence-corrected chi connectivity index (χ3v) is 2.47. The molecule has 3 N–H and O–H groups in total. The quantitative estimate of drug-likeness (QED) is 0.575. The normalized spacial score (nSPS) is 9.81. The van der Waals surface area contributed by atoms with Gasteiger partial charge in [0.15, 0.2) is 0 Å². The van der Waals surface area contributed by atoms with Crippen LogP contribution in [0.1, 0.15) is 12.0 Å². The van der Waals surface area contributed by atoms with Crippen molar-refractivity contribution in [1.29, 1.82) is 5.26 Å². The highest BCUT2D eigenvalue weighted by Gasteiger charge is 2.06. The van der Waals surface area contributed by atoms with Crippen molar-refractivity contribution in [1.82, 2.24) is 5.32 Å². The van der Waals surface area contributed by atoms with Gasteiger partial charge in [-0.05, 0) is 38.2 Å². The van der Waals surface area contributed by atoms with Gasteiger partial charge in [-0.3, -0.25) is 0 Å². The molecule has 0 atom stereocenters. The summed E-state index contributed by atoms with van der Waals surface area (Å²) in [6.45, 7) is 1.89. The molecule has 16 heavy (non-hydrogen) atoms. The van der Waals surface area contributed by atoms with E-state index in [0.717, 1.165) is 25.2 Å². The minimum Gasteiger partial charge on any atom is -0.399 e. The van der Waals surface area contributed by atoms with Crippen LogP contribution in [0.4, 0.5) is 11.4 Å². The van der Waals surface area contributed by atoms with Gasteiger partial charge in [0.05, 0.1) is 11.3 Å². The fraction of sp³-hybridized carbons (Fsp3) is 0.417. The molecule has 0 spiro atoms. The lowest BCUT2D eigenvalue weighted by atomic mass is 10.1. The fourth-order valence-corrected chi connectivity index (χ4v) is 1.59. The first kappa shape index (κ1) is 12.3. The van der Waals surface area contributed by atoms with Crippen molar-refractivity contribution < 1.29 is 0 Å². The van der Waals surface area contributed by atoms with E-state index in [2.05, 4.69) is 16.3 Å². The van der Waals surface area contributed by atoms with E-state index in [1.165, 1.54) is 0 Å². The fourth-order valence-electron chi connectivity index (χ4n) is 1.59. The summed E-state index contributed by atoms with van der Waals surface area (Å²) in [5.74, 6) is 0. The number of nitrogen functional groups attached to an aromatic ring is 1. The molecule has 0 bridgehead atoms. The Morgan fingerprint density at radius 1 is 1.50 bits per heavy atom. The molecule has 0 saturated heterocycles. The maximum absolute atomic E-state index is 9.02. The second-order valence-electron chi connectivity index (χ2n) is 3.77. The van der Waals surface area contributed by atoms with Crippen LogP contribution in [-0.2, 0) is 0 Å². The van der Waals surface area contributed by atoms with Gasteiger partial charge in [0.1, 0.15) is 6.07 Å². The Morgan fingerprint density at radius 3 is 2.88 bits per heavy atom. The van der Waals surface area contributed by atoms with Crippen molar-refractivity contribution in [2.75, 3.05) is 37.8 Å². The number of benzene rings is 1. The maximum atomic E-state index is 9.02. The van der Waals surface area contributed by atoms with Gasteiger partial charge in [0, 0.05) is 19.3 Å². The number of anilines is 2. The molecule has 4 heteroatoms. The highest BCUT2D eigenvalue weighted by molar-refractivity contribution is 5.63. The van der Waals surface area contributed by atoms with Crippen molar-refractivity contribution in [3.63, 3.8) is 0 Å². The average Bonchev–Trinajstić information content (AvgIpc) is 2.29. The zero-order chi connectivity index (χ0) is 12.0. The third kappa shape index (κ3) is 3.14. The van der Waals surface area contributed by atoms with Gasteiger partial charge in [-0.2, -0.15) is 5.26 Å². The van der Waals surface area contributed by atoms with Crippen LogP contribution < -0.4 is 16.0 Å². The highest BCUT2D eigenvalue weighted by Crippen LogP contribution is 2.21. The molecule has 0 amide bonds. The van der Waals surface area contributed by atoms with Gasteiger partial charge < -0.3 is 16.0 Å². The van der Waals surface area contributed by atoms with Crippen LogP contribution in [0.25, 0.3) is 0 Å². The summed E-state index contributed by atoms with van der Waals surface area (Å²) in [6, 6.07) is 7.60. The minimum absolute atomic E-state index is 0.629. The predicted molar refractivity (Wildman–Crippen MR) is 67.4 cm³/mol. The van der Waals surface area contributed by atoms with E-state index in [1.807, 2.05) is 26.2 Å². The Morgan fingerprint density at radius 2 is 2.25 bits per heavy atom. The molecule has 86 valence electrons. The molecule has 4 nitrogen and oxygen atoms in total. The molecule has 1 aromatic carbocycles. The number of nitrogens with zero attached hydrogens (tertiary/aromatic N) is 2. The number of nitriles is 1. The number of nitrogens with one attached hydrogen (secondary N) is 1. The van der Waals surface area contributed by atoms with E-state index in [0.29, 0.717) is 11.3 Å². The van der Waals surface area contributed by atoms with Crippen molar-refractivity contribution >= 4 is 11.4 Å². The topological polar surface area (TPSA) is 65.1 Å². The largest absolute Gasteiger partial charge is 0.399 e. The zero-order valence-electron chi connectivity index (χ0n) is 9.83. The SMILES string of the molecule is CNCCCN(C)c1ccc(N)cc1C#N. The summed E-state index contributed by atoms with van der Waals surface area (Å²) in [7, 11) is 3.92. The molecule has 0 heterocycles. The van der Waals surface area contributed by atoms with Gasteiger partial charge in [-0.15, -0.1) is 0 Å². The van der Waals surface area contributed by atoms with Crippen molar-refractivity contribution in [3.05, 3.63) is 23.8 Å². The lowest BCUT2D eigenvalue weighted by molar-refractivity contribution is 0.712. The number of hydrogen-bond donors (Lipinski definition) is 2. The summed E-state index contributed by atoms with van der Waals surface area (Å²) in [6.07, 6.45) is 1.04. The Balaban J connectivity index is 2.75. The van der Waals surface area contributed by atoms with E-state index in [-0.39, 0.29) is 0 Å². The van der Waals surface area contributed by atoms with Gasteiger partial charge >= 0.3 is 0 Å². The van der Waals surface area contributed by atoms with Crippen LogP contribution in [0.15, 0.2) is 18.2 Å². The van der Waals surface area contributed by atoms with Gasteiger partial charge in [0.2, 0.25) is 0 Å². The first-order chi connectivity index (χ1) is 7.69. The van der Waals surface area contributed by atoms with E-state index < -0.39 is 0 Å². The van der Waals surface area contributed by atoms with E-state index in [1.54, 1.807) is 6.07 Å². The first-order valence-electron chi connectivity index (χ1n) is 5.34. The summed E-state index contributed by atoms with van der Waals surface area (Å²) in [5, 5.41) is 12.1. The van der Waals surface area contributed by atoms with Crippen molar-refractivity contribution in [2.24, 2.45) is 0 Å². The van der Waals surface area contributed by atoms with Crippen LogP contribution in [0, 0.1) is 11.3 Å². The van der Waals surface area contributed by atoms with Crippen LogP contribution in [-0.4, -0.2) is 27.2 Å². The summed E-state index contributed by atoms with van der Waals surface area (Å²) in [5.41, 5.74) is 7.84. The molecular formula is C12H18N4. The van der Waals surface area contributed by atoms with Crippen molar-refractivity contribution in [3.8, 4) is 6.07 Å². The van der Waals surface area contributed by atoms with Crippen molar-refractivity contribution in [2.45, 2.75) is 6.42 Å². The van der Waals surface area contributed by atoms with Crippen LogP contribution >= 0.6 is 0 Å². The standard InChI is InChI=1S/C12H18N4/c1-15-6-3-7-16(2)12-5-4-11(14)8-10(12)9-13/h4-5,8,15H,3,6-7,14H2,1-2H3. The Bertz CT molecular complexity index is 381. The van der Waals surface area contributed by atoms with Crippen LogP contribution in [0.3, 0.4) is 0 Å². The number of hydrogen-bond acceptors (Lipinski definition) is 4. The van der Waals surface area contributed by atoms with Crippen LogP contribution in [0.2, 0.25) is 0 Å². The molecule has 0 fully saturated rings. The molecule has 0 aromatic heterocycles. The van der Waals surface area contributed by atoms with Crippen LogP contribution in [0.5, 0.6) is 0 Å². The average molecular weight is 218 g/mol. The Labute approximate surface area is 96.7 Å². The molecule has 0 radical (unpaired) electrons. The molecule has 0 unspecified atom stereocenters. The zero-order valence-corrected chi connectivity index (χ0v) is 9.83. The Kier molecular flexibility index (Phi) is 4.62. The predicted octanol–water partition coefficient (Wildman–Crippen LogP) is 1.19. The smallest absolute Gasteiger partial charge is 0.101 e. The summed E-state index contributed by atoms with van der Waals surface area (Å²) < 4.78 is 0. The third-order valence-electron chi connectivity index (χ3n) is 2.47. The minimum atomic E-state index is 0.629. The molecule has 1 aromatic rings. The van der Waals surface area contributed by atoms with Gasteiger partial charge in [-0.1, -0.05) is 0 Å². The molecule has 0 aliphatic carbocycles. The lowest BCUT2D eigenvalue weighted by Crippen LogP contribution is -2.23. The second-order valence-corrected chi connectivity index (χ2v) is 3.77. The lowest BCUT2D eigenvalue weighted by Gasteiger charge is -2.20. The first-order valence-corrected chi connectivity index (χ1v) is 5.34. The summed E-state index contributed by atoms with van der Waals surface area (Å²) >= 11 is 0. The number of rotatable bonds is 5. The van der Waals surface area contributed by atoms with E-state index >= 15 is 0 Å². The molecule has 0 aliphatic rings. The maximum Gasteiger partial charge on any atom is 0.101 e. The second kappa shape index (κ2) is 5.99. The number of nitrogens with two attached hydrogens (primary N) is 1. The monoisotopic (exact) mass is 218 g/mol. The molecule has 1 rings (SSSR count). The van der Waals surface area contributed by atoms with E-state index in [9.17, 15) is 0 Å². The highest BCUT2D eigenvalue weighted by atomic mass is 15.1. The van der Waals surface area contributed by atoms with Gasteiger partial charge in [-0.25, -0.2) is 0 Å². The molecule has 0 saturated carbocycles. The molecular weight excluding hydrogens is 200 g/mol. The Hall–Kier alpha value is -1.73. The molecule has 0 aliphatic heterocycles. The van der Waals surface area contributed by atoms with Gasteiger partial charge in [0.25, 0.3) is 0 Å². The van der Waals surface area contributed by atoms with E-state index in [4.69, 9.17) is 11.0 Å². The summed E-state index contributed by atoms with van der Waals surface area (Å²) in [4.78, 5) is 2.08.